The summed E-state index contributed by atoms with van der Waals surface area (Å²) in [5, 5.41) is 3.16. The molecule has 26 heavy (non-hydrogen) atoms. The molecule has 1 N–H and O–H groups in total. The molecule has 1 heterocycles. The van der Waals surface area contributed by atoms with Crippen molar-refractivity contribution in [2.45, 2.75) is 17.4 Å². The van der Waals surface area contributed by atoms with Crippen LogP contribution in [-0.2, 0) is 14.8 Å². The Bertz CT molecular complexity index is 896. The molecule has 7 heteroatoms. The van der Waals surface area contributed by atoms with Crippen molar-refractivity contribution in [3.63, 3.8) is 0 Å². The van der Waals surface area contributed by atoms with Gasteiger partial charge in [-0.1, -0.05) is 54.1 Å². The molecule has 0 aliphatic carbocycles. The summed E-state index contributed by atoms with van der Waals surface area (Å²) in [6.07, 6.45) is 4.05. The number of sulfonamides is 1. The number of nitrogens with one attached hydrogen (secondary N) is 1. The van der Waals surface area contributed by atoms with Gasteiger partial charge in [0, 0.05) is 18.1 Å². The van der Waals surface area contributed by atoms with E-state index in [1.165, 1.54) is 28.6 Å². The number of carbonyl (C=O) groups is 1. The minimum atomic E-state index is -3.83. The van der Waals surface area contributed by atoms with Crippen LogP contribution in [0.3, 0.4) is 0 Å². The summed E-state index contributed by atoms with van der Waals surface area (Å²) >= 11 is 5.86. The Morgan fingerprint density at radius 3 is 2.42 bits per heavy atom. The molecule has 1 atom stereocenters. The van der Waals surface area contributed by atoms with Crippen LogP contribution in [0.5, 0.6) is 0 Å². The first-order chi connectivity index (χ1) is 12.5. The fourth-order valence-electron chi connectivity index (χ4n) is 2.85. The maximum Gasteiger partial charge on any atom is 0.244 e. The van der Waals surface area contributed by atoms with Gasteiger partial charge in [0.15, 0.2) is 0 Å². The maximum absolute atomic E-state index is 13.1. The quantitative estimate of drug-likeness (QED) is 0.824. The van der Waals surface area contributed by atoms with Crippen LogP contribution in [0.2, 0.25) is 5.02 Å². The van der Waals surface area contributed by atoms with Gasteiger partial charge in [0.25, 0.3) is 0 Å². The molecule has 1 aliphatic rings. The number of amides is 1. The highest BCUT2D eigenvalue weighted by Crippen LogP contribution is 2.23. The van der Waals surface area contributed by atoms with Gasteiger partial charge in [-0.2, -0.15) is 4.31 Å². The summed E-state index contributed by atoms with van der Waals surface area (Å²) in [5.74, 6) is -0.268. The molecule has 5 nitrogen and oxygen atoms in total. The van der Waals surface area contributed by atoms with Crippen molar-refractivity contribution in [3.05, 3.63) is 71.3 Å². The van der Waals surface area contributed by atoms with Crippen molar-refractivity contribution < 1.29 is 13.2 Å². The summed E-state index contributed by atoms with van der Waals surface area (Å²) in [4.78, 5) is 12.2. The van der Waals surface area contributed by atoms with Gasteiger partial charge in [-0.05, 0) is 36.2 Å². The maximum atomic E-state index is 13.1. The second-order valence-corrected chi connectivity index (χ2v) is 8.26. The number of rotatable bonds is 6. The van der Waals surface area contributed by atoms with Crippen LogP contribution in [0.4, 0.5) is 0 Å². The Hall–Kier alpha value is -2.15. The third-order valence-corrected chi connectivity index (χ3v) is 6.32. The van der Waals surface area contributed by atoms with E-state index in [1.54, 1.807) is 6.08 Å². The van der Waals surface area contributed by atoms with Crippen LogP contribution in [0.15, 0.2) is 65.6 Å². The molecule has 136 valence electrons. The van der Waals surface area contributed by atoms with Crippen LogP contribution in [0, 0.1) is 0 Å². The molecule has 0 radical (unpaired) electrons. The fraction of sp³-hybridized carbons (Fsp3) is 0.211. The average Bonchev–Trinajstić information content (AvgIpc) is 3.05. The lowest BCUT2D eigenvalue weighted by atomic mass is 10.2. The topological polar surface area (TPSA) is 66.5 Å². The van der Waals surface area contributed by atoms with Crippen LogP contribution >= 0.6 is 11.6 Å². The van der Waals surface area contributed by atoms with Gasteiger partial charge in [-0.15, -0.1) is 0 Å². The van der Waals surface area contributed by atoms with Gasteiger partial charge < -0.3 is 5.32 Å². The fourth-order valence-corrected chi connectivity index (χ4v) is 4.54. The standard InChI is InChI=1S/C19H19ClN2O3S/c20-16-8-10-17(11-9-16)26(24,25)22(18-12-13-21-19(18)23)14-4-7-15-5-2-1-3-6-15/h1-11,18H,12-14H2,(H,21,23)/t18-/m1/s1. The Kier molecular flexibility index (Phi) is 5.76. The average molecular weight is 391 g/mol. The number of nitrogens with zero attached hydrogens (tertiary/aromatic N) is 1. The van der Waals surface area contributed by atoms with Gasteiger partial charge in [0.05, 0.1) is 4.90 Å². The number of hydrogen-bond acceptors (Lipinski definition) is 3. The molecule has 0 saturated carbocycles. The number of hydrogen-bond donors (Lipinski definition) is 1. The van der Waals surface area contributed by atoms with Crippen molar-refractivity contribution in [1.82, 2.24) is 9.62 Å². The highest BCUT2D eigenvalue weighted by molar-refractivity contribution is 7.89. The van der Waals surface area contributed by atoms with Gasteiger partial charge >= 0.3 is 0 Å². The molecule has 2 aromatic rings. The van der Waals surface area contributed by atoms with E-state index in [0.717, 1.165) is 5.56 Å². The first-order valence-corrected chi connectivity index (χ1v) is 10.1. The summed E-state index contributed by atoms with van der Waals surface area (Å²) in [6, 6.07) is 14.8. The first kappa shape index (κ1) is 18.6. The Balaban J connectivity index is 1.89. The van der Waals surface area contributed by atoms with E-state index in [2.05, 4.69) is 5.32 Å². The normalized spacial score (nSPS) is 17.8. The third kappa shape index (κ3) is 4.15. The summed E-state index contributed by atoms with van der Waals surface area (Å²) in [5.41, 5.74) is 0.965. The zero-order chi connectivity index (χ0) is 18.6. The Morgan fingerprint density at radius 1 is 1.12 bits per heavy atom. The van der Waals surface area contributed by atoms with Crippen molar-refractivity contribution in [1.29, 1.82) is 0 Å². The Labute approximate surface area is 158 Å². The largest absolute Gasteiger partial charge is 0.355 e. The first-order valence-electron chi connectivity index (χ1n) is 8.25. The predicted molar refractivity (Wildman–Crippen MR) is 102 cm³/mol. The van der Waals surface area contributed by atoms with E-state index < -0.39 is 16.1 Å². The van der Waals surface area contributed by atoms with E-state index in [4.69, 9.17) is 11.6 Å². The SMILES string of the molecule is O=C1NCC[C@H]1N(CC=Cc1ccccc1)S(=O)(=O)c1ccc(Cl)cc1. The highest BCUT2D eigenvalue weighted by atomic mass is 35.5. The lowest BCUT2D eigenvalue weighted by Crippen LogP contribution is -2.44. The molecular weight excluding hydrogens is 372 g/mol. The van der Waals surface area contributed by atoms with Crippen LogP contribution in [0.25, 0.3) is 6.08 Å². The zero-order valence-electron chi connectivity index (χ0n) is 14.0. The van der Waals surface area contributed by atoms with Crippen molar-refractivity contribution in [2.24, 2.45) is 0 Å². The number of benzene rings is 2. The lowest BCUT2D eigenvalue weighted by Gasteiger charge is -2.25. The predicted octanol–water partition coefficient (Wildman–Crippen LogP) is 2.93. The van der Waals surface area contributed by atoms with Crippen molar-refractivity contribution >= 4 is 33.6 Å². The molecular formula is C19H19ClN2O3S. The second-order valence-electron chi connectivity index (χ2n) is 5.94. The zero-order valence-corrected chi connectivity index (χ0v) is 15.6. The molecule has 2 aromatic carbocycles. The third-order valence-electron chi connectivity index (χ3n) is 4.18. The van der Waals surface area contributed by atoms with Gasteiger partial charge in [0.1, 0.15) is 6.04 Å². The minimum Gasteiger partial charge on any atom is -0.355 e. The van der Waals surface area contributed by atoms with E-state index in [0.29, 0.717) is 18.0 Å². The molecule has 3 rings (SSSR count). The molecule has 0 unspecified atom stereocenters. The summed E-state index contributed by atoms with van der Waals surface area (Å²) in [7, 11) is -3.83. The summed E-state index contributed by atoms with van der Waals surface area (Å²) in [6.45, 7) is 0.580. The van der Waals surface area contributed by atoms with E-state index in [-0.39, 0.29) is 17.3 Å². The lowest BCUT2D eigenvalue weighted by molar-refractivity contribution is -0.122. The molecule has 1 saturated heterocycles. The second kappa shape index (κ2) is 8.03. The Morgan fingerprint density at radius 2 is 1.81 bits per heavy atom. The van der Waals surface area contributed by atoms with Gasteiger partial charge in [-0.3, -0.25) is 4.79 Å². The molecule has 1 amide bonds. The van der Waals surface area contributed by atoms with Gasteiger partial charge in [0.2, 0.25) is 15.9 Å². The van der Waals surface area contributed by atoms with Crippen LogP contribution in [-0.4, -0.2) is 37.8 Å². The number of halogens is 1. The molecule has 0 bridgehead atoms. The van der Waals surface area contributed by atoms with Crippen LogP contribution in [0.1, 0.15) is 12.0 Å². The number of carbonyl (C=O) groups excluding carboxylic acids is 1. The van der Waals surface area contributed by atoms with E-state index in [1.807, 2.05) is 36.4 Å². The van der Waals surface area contributed by atoms with Crippen LogP contribution < -0.4 is 5.32 Å². The summed E-state index contributed by atoms with van der Waals surface area (Å²) < 4.78 is 27.4. The highest BCUT2D eigenvalue weighted by Gasteiger charge is 2.37. The van der Waals surface area contributed by atoms with Crippen molar-refractivity contribution in [3.8, 4) is 0 Å². The molecule has 0 aromatic heterocycles. The minimum absolute atomic E-state index is 0.109. The van der Waals surface area contributed by atoms with Gasteiger partial charge in [-0.25, -0.2) is 8.42 Å². The smallest absolute Gasteiger partial charge is 0.244 e. The monoisotopic (exact) mass is 390 g/mol. The molecule has 1 aliphatic heterocycles. The molecule has 1 fully saturated rings. The molecule has 0 spiro atoms. The van der Waals surface area contributed by atoms with E-state index >= 15 is 0 Å². The van der Waals surface area contributed by atoms with E-state index in [9.17, 15) is 13.2 Å². The van der Waals surface area contributed by atoms with Crippen molar-refractivity contribution in [2.75, 3.05) is 13.1 Å².